The molecule has 46 heavy (non-hydrogen) atoms. The Balaban J connectivity index is 1.30. The molecule has 1 aliphatic rings. The predicted octanol–water partition coefficient (Wildman–Crippen LogP) is 10.2. The molecule has 9 rings (SSSR count). The van der Waals surface area contributed by atoms with Crippen LogP contribution in [-0.2, 0) is 6.42 Å². The van der Waals surface area contributed by atoms with Crippen molar-refractivity contribution in [2.75, 3.05) is 0 Å². The van der Waals surface area contributed by atoms with Crippen LogP contribution in [0.15, 0.2) is 140 Å². The Bertz CT molecular complexity index is 2470. The van der Waals surface area contributed by atoms with E-state index < -0.39 is 0 Å². The maximum Gasteiger partial charge on any atom is 0.137 e. The van der Waals surface area contributed by atoms with Gasteiger partial charge in [0.05, 0.1) is 22.4 Å². The molecule has 3 heterocycles. The van der Waals surface area contributed by atoms with Crippen LogP contribution in [0.4, 0.5) is 0 Å². The number of aromatic nitrogens is 3. The number of fused-ring (bicyclic) bond motifs is 7. The molecule has 0 amide bonds. The predicted molar refractivity (Wildman–Crippen MR) is 187 cm³/mol. The van der Waals surface area contributed by atoms with Crippen molar-refractivity contribution in [3.8, 4) is 56.3 Å². The number of hydrogen-bond acceptors (Lipinski definition) is 3. The lowest BCUT2D eigenvalue weighted by atomic mass is 9.98. The van der Waals surface area contributed by atoms with Crippen LogP contribution in [0.5, 0.6) is 5.75 Å². The van der Waals surface area contributed by atoms with E-state index in [9.17, 15) is 5.11 Å². The van der Waals surface area contributed by atoms with Gasteiger partial charge in [0.15, 0.2) is 0 Å². The molecule has 3 aromatic heterocycles. The fraction of sp³-hybridized carbons (Fsp3) is 0.0476. The molecule has 0 spiro atoms. The minimum Gasteiger partial charge on any atom is -0.507 e. The maximum atomic E-state index is 10.5. The Morgan fingerprint density at radius 3 is 2.24 bits per heavy atom. The van der Waals surface area contributed by atoms with Crippen molar-refractivity contribution >= 4 is 21.8 Å². The van der Waals surface area contributed by atoms with Gasteiger partial charge in [0.2, 0.25) is 0 Å². The number of rotatable bonds is 4. The molecule has 1 aliphatic carbocycles. The molecule has 1 N–H and O–H groups in total. The molecule has 5 aromatic carbocycles. The van der Waals surface area contributed by atoms with Gasteiger partial charge in [-0.25, -0.2) is 9.97 Å². The third-order valence-electron chi connectivity index (χ3n) is 9.32. The van der Waals surface area contributed by atoms with Gasteiger partial charge in [-0.3, -0.25) is 4.57 Å². The summed E-state index contributed by atoms with van der Waals surface area (Å²) in [6.45, 7) is 2.16. The Morgan fingerprint density at radius 1 is 0.609 bits per heavy atom. The summed E-state index contributed by atoms with van der Waals surface area (Å²) < 4.78 is 2.31. The van der Waals surface area contributed by atoms with Gasteiger partial charge >= 0.3 is 0 Å². The summed E-state index contributed by atoms with van der Waals surface area (Å²) in [5.41, 5.74) is 14.3. The molecule has 0 saturated heterocycles. The first-order valence-electron chi connectivity index (χ1n) is 15.6. The van der Waals surface area contributed by atoms with Gasteiger partial charge in [0.1, 0.15) is 11.6 Å². The van der Waals surface area contributed by atoms with Crippen LogP contribution in [0.3, 0.4) is 0 Å². The third kappa shape index (κ3) is 4.07. The molecule has 0 aliphatic heterocycles. The third-order valence-corrected chi connectivity index (χ3v) is 9.32. The van der Waals surface area contributed by atoms with Crippen LogP contribution >= 0.6 is 0 Å². The molecule has 4 heteroatoms. The van der Waals surface area contributed by atoms with Crippen LogP contribution in [-0.4, -0.2) is 19.6 Å². The number of phenols is 1. The normalized spacial score (nSPS) is 12.0. The number of para-hydroxylation sites is 1. The van der Waals surface area contributed by atoms with Crippen molar-refractivity contribution in [1.82, 2.24) is 14.5 Å². The monoisotopic (exact) mass is 591 g/mol. The first kappa shape index (κ1) is 26.4. The van der Waals surface area contributed by atoms with Gasteiger partial charge < -0.3 is 5.11 Å². The first-order chi connectivity index (χ1) is 22.6. The lowest BCUT2D eigenvalue weighted by molar-refractivity contribution is 0.477. The highest BCUT2D eigenvalue weighted by Crippen LogP contribution is 2.46. The second-order valence-electron chi connectivity index (χ2n) is 12.0. The number of hydrogen-bond donors (Lipinski definition) is 1. The topological polar surface area (TPSA) is 50.9 Å². The van der Waals surface area contributed by atoms with Crippen molar-refractivity contribution < 1.29 is 5.11 Å². The molecule has 0 atom stereocenters. The Hall–Kier alpha value is -6.00. The highest BCUT2D eigenvalue weighted by molar-refractivity contribution is 6.17. The Kier molecular flexibility index (Phi) is 5.90. The van der Waals surface area contributed by atoms with Crippen molar-refractivity contribution in [3.63, 3.8) is 0 Å². The van der Waals surface area contributed by atoms with Gasteiger partial charge in [0.25, 0.3) is 0 Å². The fourth-order valence-electron chi connectivity index (χ4n) is 7.16. The van der Waals surface area contributed by atoms with Crippen LogP contribution in [0.1, 0.15) is 16.7 Å². The zero-order valence-electron chi connectivity index (χ0n) is 25.3. The number of phenolic OH excluding ortho intramolecular Hbond substituents is 1. The molecule has 0 unspecified atom stereocenters. The van der Waals surface area contributed by atoms with E-state index in [0.717, 1.165) is 51.4 Å². The van der Waals surface area contributed by atoms with E-state index in [1.807, 2.05) is 48.7 Å². The summed E-state index contributed by atoms with van der Waals surface area (Å²) in [7, 11) is 0. The van der Waals surface area contributed by atoms with E-state index in [1.165, 1.54) is 38.6 Å². The number of aryl methyl sites for hydroxylation is 1. The minimum atomic E-state index is 0.220. The van der Waals surface area contributed by atoms with E-state index in [0.29, 0.717) is 5.56 Å². The maximum absolute atomic E-state index is 10.5. The number of benzene rings is 5. The summed E-state index contributed by atoms with van der Waals surface area (Å²) in [5.74, 6) is 1.11. The van der Waals surface area contributed by atoms with Crippen LogP contribution in [0.2, 0.25) is 0 Å². The Labute approximate surface area is 266 Å². The van der Waals surface area contributed by atoms with Gasteiger partial charge in [-0.15, -0.1) is 0 Å². The van der Waals surface area contributed by atoms with Gasteiger partial charge in [-0.1, -0.05) is 91.0 Å². The van der Waals surface area contributed by atoms with Crippen LogP contribution < -0.4 is 0 Å². The molecule has 8 aromatic rings. The lowest BCUT2D eigenvalue weighted by Gasteiger charge is -2.12. The summed E-state index contributed by atoms with van der Waals surface area (Å²) >= 11 is 0. The summed E-state index contributed by atoms with van der Waals surface area (Å²) in [5, 5.41) is 13.0. The van der Waals surface area contributed by atoms with Gasteiger partial charge in [-0.05, 0) is 89.2 Å². The summed E-state index contributed by atoms with van der Waals surface area (Å²) in [6.07, 6.45) is 2.94. The quantitative estimate of drug-likeness (QED) is 0.222. The first-order valence-corrected chi connectivity index (χ1v) is 15.6. The number of aromatic hydroxyl groups is 1. The number of nitrogens with zero attached hydrogens (tertiary/aromatic N) is 3. The van der Waals surface area contributed by atoms with Gasteiger partial charge in [-0.2, -0.15) is 0 Å². The molecule has 0 bridgehead atoms. The van der Waals surface area contributed by atoms with E-state index in [4.69, 9.17) is 9.97 Å². The lowest BCUT2D eigenvalue weighted by Crippen LogP contribution is -1.99. The number of pyridine rings is 2. The average molecular weight is 592 g/mol. The zero-order valence-corrected chi connectivity index (χ0v) is 25.3. The second-order valence-corrected chi connectivity index (χ2v) is 12.0. The smallest absolute Gasteiger partial charge is 0.137 e. The van der Waals surface area contributed by atoms with Crippen LogP contribution in [0.25, 0.3) is 72.4 Å². The average Bonchev–Trinajstić information content (AvgIpc) is 3.64. The second kappa shape index (κ2) is 10.3. The summed E-state index contributed by atoms with van der Waals surface area (Å²) in [6, 6.07) is 45.9. The molecule has 218 valence electrons. The minimum absolute atomic E-state index is 0.220. The molecular formula is C42H29N3O. The highest BCUT2D eigenvalue weighted by atomic mass is 16.3. The van der Waals surface area contributed by atoms with E-state index in [-0.39, 0.29) is 5.75 Å². The van der Waals surface area contributed by atoms with Crippen molar-refractivity contribution in [1.29, 1.82) is 0 Å². The highest BCUT2D eigenvalue weighted by Gasteiger charge is 2.25. The van der Waals surface area contributed by atoms with Crippen LogP contribution in [0, 0.1) is 6.92 Å². The Morgan fingerprint density at radius 2 is 1.39 bits per heavy atom. The summed E-state index contributed by atoms with van der Waals surface area (Å²) in [4.78, 5) is 10.1. The van der Waals surface area contributed by atoms with E-state index >= 15 is 0 Å². The molecule has 0 radical (unpaired) electrons. The van der Waals surface area contributed by atoms with Crippen molar-refractivity contribution in [3.05, 3.63) is 156 Å². The molecule has 0 saturated carbocycles. The molecule has 4 nitrogen and oxygen atoms in total. The largest absolute Gasteiger partial charge is 0.507 e. The van der Waals surface area contributed by atoms with E-state index in [2.05, 4.69) is 96.4 Å². The van der Waals surface area contributed by atoms with Gasteiger partial charge in [0, 0.05) is 33.7 Å². The van der Waals surface area contributed by atoms with Crippen molar-refractivity contribution in [2.45, 2.75) is 13.3 Å². The fourth-order valence-corrected chi connectivity index (χ4v) is 7.16. The van der Waals surface area contributed by atoms with E-state index in [1.54, 1.807) is 6.07 Å². The molecular weight excluding hydrogens is 562 g/mol. The zero-order chi connectivity index (χ0) is 30.8. The molecule has 0 fully saturated rings. The standard InChI is InChI=1S/C42H29N3O/c1-26-22-40(43-25-34(26)27-10-3-2-4-11-27)45-37-21-19-30-23-28-12-5-6-13-31(28)41(30)42(37)33-20-18-29(24-38(33)45)35-15-9-16-36(44-35)32-14-7-8-17-39(32)46/h2-22,24-25,46H,23H2,1H3. The van der Waals surface area contributed by atoms with Crippen molar-refractivity contribution in [2.24, 2.45) is 0 Å². The SMILES string of the molecule is Cc1cc(-n2c3cc(-c4cccc(-c5ccccc5O)n4)ccc3c3c4c(ccc32)Cc2ccccc2-4)ncc1-c1ccccc1.